The summed E-state index contributed by atoms with van der Waals surface area (Å²) in [6.07, 6.45) is 2.06. The average molecular weight is 290 g/mol. The van der Waals surface area contributed by atoms with E-state index in [2.05, 4.69) is 34.7 Å². The zero-order valence-corrected chi connectivity index (χ0v) is 13.2. The molecule has 3 nitrogen and oxygen atoms in total. The summed E-state index contributed by atoms with van der Waals surface area (Å²) in [5.41, 5.74) is 2.43. The van der Waals surface area contributed by atoms with Gasteiger partial charge in [-0.05, 0) is 31.0 Å². The highest BCUT2D eigenvalue weighted by Gasteiger charge is 2.09. The summed E-state index contributed by atoms with van der Waals surface area (Å²) in [5, 5.41) is 6.92. The molecule has 1 unspecified atom stereocenters. The Morgan fingerprint density at radius 2 is 2.05 bits per heavy atom. The van der Waals surface area contributed by atoms with E-state index in [1.807, 2.05) is 19.1 Å². The van der Waals surface area contributed by atoms with Crippen molar-refractivity contribution < 1.29 is 4.74 Å². The van der Waals surface area contributed by atoms with Crippen LogP contribution in [0.4, 0.5) is 0 Å². The predicted molar refractivity (Wildman–Crippen MR) is 84.6 cm³/mol. The molecule has 1 aromatic carbocycles. The normalized spacial score (nSPS) is 12.3. The lowest BCUT2D eigenvalue weighted by Crippen LogP contribution is -2.23. The Hall–Kier alpha value is -1.39. The molecule has 1 heterocycles. The molecule has 0 fully saturated rings. The summed E-state index contributed by atoms with van der Waals surface area (Å²) in [5.74, 6) is 0.905. The number of ether oxygens (including phenoxy) is 1. The number of aryl methyl sites for hydroxylation is 1. The topological polar surface area (TPSA) is 34.2 Å². The van der Waals surface area contributed by atoms with Gasteiger partial charge in [0.25, 0.3) is 0 Å². The van der Waals surface area contributed by atoms with E-state index in [0.717, 1.165) is 30.8 Å². The quantitative estimate of drug-likeness (QED) is 0.843. The van der Waals surface area contributed by atoms with Crippen molar-refractivity contribution in [1.82, 2.24) is 10.3 Å². The van der Waals surface area contributed by atoms with E-state index >= 15 is 0 Å². The lowest BCUT2D eigenvalue weighted by atomic mass is 10.0. The molecule has 0 radical (unpaired) electrons. The fourth-order valence-electron chi connectivity index (χ4n) is 2.20. The van der Waals surface area contributed by atoms with E-state index in [0.29, 0.717) is 6.04 Å². The fraction of sp³-hybridized carbons (Fsp3) is 0.438. The van der Waals surface area contributed by atoms with E-state index in [-0.39, 0.29) is 0 Å². The molecule has 1 atom stereocenters. The number of rotatable bonds is 7. The number of nitrogens with zero attached hydrogens (tertiary/aromatic N) is 1. The maximum Gasteiger partial charge on any atom is 0.118 e. The zero-order chi connectivity index (χ0) is 14.4. The Morgan fingerprint density at radius 1 is 1.30 bits per heavy atom. The van der Waals surface area contributed by atoms with Gasteiger partial charge in [-0.15, -0.1) is 11.3 Å². The van der Waals surface area contributed by atoms with Crippen LogP contribution in [0.5, 0.6) is 5.75 Å². The second-order valence-corrected chi connectivity index (χ2v) is 5.76. The molecule has 0 amide bonds. The van der Waals surface area contributed by atoms with Gasteiger partial charge < -0.3 is 10.1 Å². The first kappa shape index (κ1) is 15.0. The zero-order valence-electron chi connectivity index (χ0n) is 12.3. The number of methoxy groups -OCH3 is 1. The van der Waals surface area contributed by atoms with Crippen molar-refractivity contribution in [3.8, 4) is 5.75 Å². The lowest BCUT2D eigenvalue weighted by molar-refractivity contribution is 0.414. The Labute approximate surface area is 125 Å². The van der Waals surface area contributed by atoms with E-state index in [1.165, 1.54) is 10.6 Å². The van der Waals surface area contributed by atoms with Crippen LogP contribution in [-0.4, -0.2) is 18.6 Å². The van der Waals surface area contributed by atoms with E-state index in [1.54, 1.807) is 18.4 Å². The molecule has 1 N–H and O–H groups in total. The van der Waals surface area contributed by atoms with Gasteiger partial charge in [0.1, 0.15) is 5.75 Å². The number of benzene rings is 1. The Balaban J connectivity index is 1.88. The summed E-state index contributed by atoms with van der Waals surface area (Å²) >= 11 is 1.74. The number of hydrogen-bond acceptors (Lipinski definition) is 4. The highest BCUT2D eigenvalue weighted by molar-refractivity contribution is 7.09. The van der Waals surface area contributed by atoms with Gasteiger partial charge in [0.15, 0.2) is 0 Å². The van der Waals surface area contributed by atoms with Crippen LogP contribution in [0.2, 0.25) is 0 Å². The van der Waals surface area contributed by atoms with E-state index < -0.39 is 0 Å². The third-order valence-electron chi connectivity index (χ3n) is 3.32. The van der Waals surface area contributed by atoms with E-state index in [4.69, 9.17) is 4.74 Å². The van der Waals surface area contributed by atoms with Crippen LogP contribution in [0, 0.1) is 6.92 Å². The van der Waals surface area contributed by atoms with Crippen molar-refractivity contribution in [2.75, 3.05) is 13.7 Å². The fourth-order valence-corrected chi connectivity index (χ4v) is 2.98. The second-order valence-electron chi connectivity index (χ2n) is 4.82. The van der Waals surface area contributed by atoms with Crippen molar-refractivity contribution in [3.05, 3.63) is 45.9 Å². The molecule has 1 aromatic heterocycles. The third-order valence-corrected chi connectivity index (χ3v) is 4.35. The van der Waals surface area contributed by atoms with Crippen LogP contribution >= 0.6 is 11.3 Å². The van der Waals surface area contributed by atoms with Crippen LogP contribution in [0.15, 0.2) is 29.6 Å². The number of aromatic nitrogens is 1. The molecule has 2 aromatic rings. The second kappa shape index (κ2) is 7.41. The molecule has 20 heavy (non-hydrogen) atoms. The predicted octanol–water partition coefficient (Wildman–Crippen LogP) is 3.74. The maximum absolute atomic E-state index is 5.20. The Kier molecular flexibility index (Phi) is 5.56. The van der Waals surface area contributed by atoms with Crippen molar-refractivity contribution in [1.29, 1.82) is 0 Å². The molecular weight excluding hydrogens is 268 g/mol. The van der Waals surface area contributed by atoms with Gasteiger partial charge >= 0.3 is 0 Å². The molecular formula is C16H22N2OS. The van der Waals surface area contributed by atoms with Gasteiger partial charge in [-0.25, -0.2) is 4.98 Å². The van der Waals surface area contributed by atoms with Gasteiger partial charge in [-0.1, -0.05) is 19.1 Å². The van der Waals surface area contributed by atoms with E-state index in [9.17, 15) is 0 Å². The van der Waals surface area contributed by atoms with Gasteiger partial charge in [-0.3, -0.25) is 0 Å². The van der Waals surface area contributed by atoms with Crippen LogP contribution in [0.25, 0.3) is 0 Å². The molecule has 0 saturated carbocycles. The molecule has 2 rings (SSSR count). The van der Waals surface area contributed by atoms with Crippen LogP contribution in [-0.2, 0) is 6.42 Å². The maximum atomic E-state index is 5.20. The summed E-state index contributed by atoms with van der Waals surface area (Å²) in [6, 6.07) is 8.69. The first-order valence-electron chi connectivity index (χ1n) is 7.01. The molecule has 0 aliphatic heterocycles. The van der Waals surface area contributed by atoms with Crippen LogP contribution in [0.1, 0.15) is 35.7 Å². The van der Waals surface area contributed by atoms with Gasteiger partial charge in [-0.2, -0.15) is 0 Å². The minimum atomic E-state index is 0.391. The summed E-state index contributed by atoms with van der Waals surface area (Å²) < 4.78 is 5.20. The molecule has 0 saturated heterocycles. The SMILES string of the molecule is CCC(NCCc1nc(C)cs1)c1ccc(OC)cc1. The van der Waals surface area contributed by atoms with Gasteiger partial charge in [0, 0.05) is 30.1 Å². The first-order valence-corrected chi connectivity index (χ1v) is 7.89. The molecule has 108 valence electrons. The van der Waals surface area contributed by atoms with Crippen molar-refractivity contribution in [2.24, 2.45) is 0 Å². The molecule has 0 aliphatic rings. The largest absolute Gasteiger partial charge is 0.497 e. The van der Waals surface area contributed by atoms with Gasteiger partial charge in [0.2, 0.25) is 0 Å². The summed E-state index contributed by atoms with van der Waals surface area (Å²) in [4.78, 5) is 4.49. The van der Waals surface area contributed by atoms with Crippen molar-refractivity contribution in [2.45, 2.75) is 32.7 Å². The minimum absolute atomic E-state index is 0.391. The Morgan fingerprint density at radius 3 is 2.60 bits per heavy atom. The molecule has 0 spiro atoms. The number of nitrogens with one attached hydrogen (secondary N) is 1. The first-order chi connectivity index (χ1) is 9.72. The third kappa shape index (κ3) is 4.05. The van der Waals surface area contributed by atoms with Crippen molar-refractivity contribution in [3.63, 3.8) is 0 Å². The Bertz CT molecular complexity index is 522. The summed E-state index contributed by atoms with van der Waals surface area (Å²) in [7, 11) is 1.70. The highest BCUT2D eigenvalue weighted by atomic mass is 32.1. The number of thiazole rings is 1. The lowest BCUT2D eigenvalue weighted by Gasteiger charge is -2.17. The minimum Gasteiger partial charge on any atom is -0.497 e. The van der Waals surface area contributed by atoms with Gasteiger partial charge in [0.05, 0.1) is 12.1 Å². The molecule has 4 heteroatoms. The number of hydrogen-bond donors (Lipinski definition) is 1. The smallest absolute Gasteiger partial charge is 0.118 e. The molecule has 0 aliphatic carbocycles. The monoisotopic (exact) mass is 290 g/mol. The molecule has 0 bridgehead atoms. The highest BCUT2D eigenvalue weighted by Crippen LogP contribution is 2.20. The standard InChI is InChI=1S/C16H22N2OS/c1-4-15(13-5-7-14(19-3)8-6-13)17-10-9-16-18-12(2)11-20-16/h5-8,11,15,17H,4,9-10H2,1-3H3. The van der Waals surface area contributed by atoms with Crippen LogP contribution < -0.4 is 10.1 Å². The summed E-state index contributed by atoms with van der Waals surface area (Å²) in [6.45, 7) is 5.20. The van der Waals surface area contributed by atoms with Crippen LogP contribution in [0.3, 0.4) is 0 Å². The van der Waals surface area contributed by atoms with Crippen molar-refractivity contribution >= 4 is 11.3 Å². The average Bonchev–Trinajstić information content (AvgIpc) is 2.89.